The standard InChI is InChI=1S/C20H21N5O3/c26-20(3-1-12-21-17-8-10-19(11-9-17)25(27)28)23-18-6-4-16(5-7-18)15-24-14-2-13-22-24/h2,4-11,13-14,21H,1,3,12,15H2,(H,23,26). The molecule has 0 saturated heterocycles. The van der Waals surface area contributed by atoms with Gasteiger partial charge in [0, 0.05) is 48.9 Å². The molecule has 0 fully saturated rings. The summed E-state index contributed by atoms with van der Waals surface area (Å²) >= 11 is 0. The smallest absolute Gasteiger partial charge is 0.269 e. The van der Waals surface area contributed by atoms with Gasteiger partial charge in [-0.3, -0.25) is 19.6 Å². The Balaban J connectivity index is 1.37. The monoisotopic (exact) mass is 379 g/mol. The number of nitro benzene ring substituents is 1. The first-order valence-electron chi connectivity index (χ1n) is 8.95. The lowest BCUT2D eigenvalue weighted by Crippen LogP contribution is -2.13. The number of anilines is 2. The van der Waals surface area contributed by atoms with Crippen LogP contribution in [-0.4, -0.2) is 27.2 Å². The number of nitrogens with zero attached hydrogens (tertiary/aromatic N) is 3. The van der Waals surface area contributed by atoms with Crippen LogP contribution in [0.5, 0.6) is 0 Å². The zero-order chi connectivity index (χ0) is 19.8. The highest BCUT2D eigenvalue weighted by Gasteiger charge is 2.05. The number of nitrogens with one attached hydrogen (secondary N) is 2. The van der Waals surface area contributed by atoms with Crippen LogP contribution >= 0.6 is 0 Å². The number of hydrogen-bond donors (Lipinski definition) is 2. The number of aromatic nitrogens is 2. The Morgan fingerprint density at radius 3 is 2.43 bits per heavy atom. The van der Waals surface area contributed by atoms with Gasteiger partial charge in [0.15, 0.2) is 0 Å². The molecule has 0 aliphatic heterocycles. The third kappa shape index (κ3) is 5.66. The maximum atomic E-state index is 12.1. The van der Waals surface area contributed by atoms with Crippen molar-refractivity contribution < 1.29 is 9.72 Å². The highest BCUT2D eigenvalue weighted by molar-refractivity contribution is 5.90. The third-order valence-electron chi connectivity index (χ3n) is 4.13. The summed E-state index contributed by atoms with van der Waals surface area (Å²) in [5.41, 5.74) is 2.71. The van der Waals surface area contributed by atoms with E-state index >= 15 is 0 Å². The summed E-state index contributed by atoms with van der Waals surface area (Å²) in [4.78, 5) is 22.2. The first-order valence-corrected chi connectivity index (χ1v) is 8.95. The molecule has 0 bridgehead atoms. The Labute approximate surface area is 162 Å². The Kier molecular flexibility index (Phi) is 6.35. The van der Waals surface area contributed by atoms with Crippen molar-refractivity contribution in [1.29, 1.82) is 0 Å². The topological polar surface area (TPSA) is 102 Å². The number of non-ortho nitro benzene ring substituents is 1. The Morgan fingerprint density at radius 2 is 1.79 bits per heavy atom. The van der Waals surface area contributed by atoms with Gasteiger partial charge in [0.2, 0.25) is 5.91 Å². The quantitative estimate of drug-likeness (QED) is 0.335. The second-order valence-electron chi connectivity index (χ2n) is 6.28. The molecule has 0 spiro atoms. The maximum absolute atomic E-state index is 12.1. The van der Waals surface area contributed by atoms with Crippen molar-refractivity contribution in [2.45, 2.75) is 19.4 Å². The van der Waals surface area contributed by atoms with Crippen LogP contribution in [0.15, 0.2) is 67.0 Å². The molecule has 3 aromatic rings. The summed E-state index contributed by atoms with van der Waals surface area (Å²) in [5.74, 6) is -0.0506. The van der Waals surface area contributed by atoms with Crippen LogP contribution in [0.2, 0.25) is 0 Å². The van der Waals surface area contributed by atoms with Crippen molar-refractivity contribution in [2.24, 2.45) is 0 Å². The first-order chi connectivity index (χ1) is 13.6. The van der Waals surface area contributed by atoms with Gasteiger partial charge in [-0.25, -0.2) is 0 Å². The molecule has 2 N–H and O–H groups in total. The lowest BCUT2D eigenvalue weighted by atomic mass is 10.2. The Morgan fingerprint density at radius 1 is 1.07 bits per heavy atom. The fourth-order valence-electron chi connectivity index (χ4n) is 2.68. The van der Waals surface area contributed by atoms with Gasteiger partial charge in [0.25, 0.3) is 5.69 Å². The predicted molar refractivity (Wildman–Crippen MR) is 107 cm³/mol. The molecule has 0 aliphatic rings. The van der Waals surface area contributed by atoms with Crippen LogP contribution in [0.3, 0.4) is 0 Å². The molecule has 2 aromatic carbocycles. The molecule has 28 heavy (non-hydrogen) atoms. The summed E-state index contributed by atoms with van der Waals surface area (Å²) in [6, 6.07) is 15.8. The number of benzene rings is 2. The molecule has 0 unspecified atom stereocenters. The van der Waals surface area contributed by atoms with Crippen molar-refractivity contribution in [3.05, 3.63) is 82.7 Å². The zero-order valence-electron chi connectivity index (χ0n) is 15.2. The molecule has 8 nitrogen and oxygen atoms in total. The molecular formula is C20H21N5O3. The minimum absolute atomic E-state index is 0.0506. The fraction of sp³-hybridized carbons (Fsp3) is 0.200. The Bertz CT molecular complexity index is 906. The molecule has 8 heteroatoms. The van der Waals surface area contributed by atoms with Crippen LogP contribution in [0.1, 0.15) is 18.4 Å². The summed E-state index contributed by atoms with van der Waals surface area (Å²) in [6.07, 6.45) is 4.68. The maximum Gasteiger partial charge on any atom is 0.269 e. The summed E-state index contributed by atoms with van der Waals surface area (Å²) in [7, 11) is 0. The van der Waals surface area contributed by atoms with Crippen molar-refractivity contribution in [1.82, 2.24) is 9.78 Å². The molecule has 0 atom stereocenters. The average Bonchev–Trinajstić information content (AvgIpc) is 3.20. The molecule has 0 aliphatic carbocycles. The largest absolute Gasteiger partial charge is 0.385 e. The number of rotatable bonds is 9. The van der Waals surface area contributed by atoms with Crippen molar-refractivity contribution in [2.75, 3.05) is 17.2 Å². The molecule has 144 valence electrons. The van der Waals surface area contributed by atoms with Gasteiger partial charge in [0.1, 0.15) is 0 Å². The Hall–Kier alpha value is -3.68. The number of carbonyl (C=O) groups is 1. The molecule has 1 amide bonds. The molecule has 0 radical (unpaired) electrons. The van der Waals surface area contributed by atoms with Gasteiger partial charge in [-0.1, -0.05) is 12.1 Å². The van der Waals surface area contributed by atoms with Crippen LogP contribution in [0.25, 0.3) is 0 Å². The lowest BCUT2D eigenvalue weighted by Gasteiger charge is -2.08. The van der Waals surface area contributed by atoms with E-state index in [0.29, 0.717) is 25.9 Å². The van der Waals surface area contributed by atoms with Gasteiger partial charge in [-0.05, 0) is 42.3 Å². The molecule has 1 aromatic heterocycles. The molecule has 0 saturated carbocycles. The van der Waals surface area contributed by atoms with E-state index in [2.05, 4.69) is 15.7 Å². The van der Waals surface area contributed by atoms with Gasteiger partial charge < -0.3 is 10.6 Å². The van der Waals surface area contributed by atoms with E-state index < -0.39 is 4.92 Å². The van der Waals surface area contributed by atoms with Crippen molar-refractivity contribution in [3.8, 4) is 0 Å². The van der Waals surface area contributed by atoms with Gasteiger partial charge in [-0.2, -0.15) is 5.10 Å². The second kappa shape index (κ2) is 9.31. The van der Waals surface area contributed by atoms with E-state index in [1.54, 1.807) is 18.3 Å². The van der Waals surface area contributed by atoms with E-state index in [1.165, 1.54) is 12.1 Å². The highest BCUT2D eigenvalue weighted by Crippen LogP contribution is 2.15. The van der Waals surface area contributed by atoms with Crippen molar-refractivity contribution >= 4 is 23.0 Å². The second-order valence-corrected chi connectivity index (χ2v) is 6.28. The normalized spacial score (nSPS) is 10.4. The van der Waals surface area contributed by atoms with Crippen LogP contribution < -0.4 is 10.6 Å². The fourth-order valence-corrected chi connectivity index (χ4v) is 2.68. The SMILES string of the molecule is O=C(CCCNc1ccc([N+](=O)[O-])cc1)Nc1ccc(Cn2cccn2)cc1. The number of nitro groups is 1. The lowest BCUT2D eigenvalue weighted by molar-refractivity contribution is -0.384. The van der Waals surface area contributed by atoms with E-state index in [1.807, 2.05) is 41.2 Å². The highest BCUT2D eigenvalue weighted by atomic mass is 16.6. The van der Waals surface area contributed by atoms with E-state index in [0.717, 1.165) is 16.9 Å². The summed E-state index contributed by atoms with van der Waals surface area (Å²) < 4.78 is 1.84. The van der Waals surface area contributed by atoms with Gasteiger partial charge in [0.05, 0.1) is 11.5 Å². The van der Waals surface area contributed by atoms with Crippen LogP contribution in [0, 0.1) is 10.1 Å². The molecular weight excluding hydrogens is 358 g/mol. The van der Waals surface area contributed by atoms with E-state index in [9.17, 15) is 14.9 Å². The molecule has 3 rings (SSSR count). The van der Waals surface area contributed by atoms with Crippen LogP contribution in [-0.2, 0) is 11.3 Å². The minimum atomic E-state index is -0.432. The summed E-state index contributed by atoms with van der Waals surface area (Å²) in [6.45, 7) is 1.30. The third-order valence-corrected chi connectivity index (χ3v) is 4.13. The van der Waals surface area contributed by atoms with E-state index in [-0.39, 0.29) is 11.6 Å². The minimum Gasteiger partial charge on any atom is -0.385 e. The average molecular weight is 379 g/mol. The number of hydrogen-bond acceptors (Lipinski definition) is 5. The van der Waals surface area contributed by atoms with Gasteiger partial charge >= 0.3 is 0 Å². The predicted octanol–water partition coefficient (Wildman–Crippen LogP) is 3.67. The number of amides is 1. The summed E-state index contributed by atoms with van der Waals surface area (Å²) in [5, 5.41) is 20.8. The first kappa shape index (κ1) is 19.1. The van der Waals surface area contributed by atoms with E-state index in [4.69, 9.17) is 0 Å². The van der Waals surface area contributed by atoms with Crippen LogP contribution in [0.4, 0.5) is 17.1 Å². The van der Waals surface area contributed by atoms with Crippen molar-refractivity contribution in [3.63, 3.8) is 0 Å². The van der Waals surface area contributed by atoms with Gasteiger partial charge in [-0.15, -0.1) is 0 Å². The molecule has 1 heterocycles. The zero-order valence-corrected chi connectivity index (χ0v) is 15.2. The number of carbonyl (C=O) groups excluding carboxylic acids is 1.